The van der Waals surface area contributed by atoms with Gasteiger partial charge in [-0.2, -0.15) is 0 Å². The molecule has 19 heavy (non-hydrogen) atoms. The summed E-state index contributed by atoms with van der Waals surface area (Å²) in [6, 6.07) is 3.25. The smallest absolute Gasteiger partial charge is 0.260 e. The Morgan fingerprint density at radius 3 is 2.84 bits per heavy atom. The fourth-order valence-electron chi connectivity index (χ4n) is 1.65. The minimum Gasteiger partial charge on any atom is -0.351 e. The molecule has 6 heteroatoms. The first-order chi connectivity index (χ1) is 9.06. The Labute approximate surface area is 114 Å². The van der Waals surface area contributed by atoms with E-state index in [-0.39, 0.29) is 17.0 Å². The third-order valence-electron chi connectivity index (χ3n) is 2.59. The number of aromatic amines is 1. The van der Waals surface area contributed by atoms with E-state index in [2.05, 4.69) is 15.3 Å². The Balaban J connectivity index is 1.92. The van der Waals surface area contributed by atoms with Crippen LogP contribution in [0.5, 0.6) is 0 Å². The number of thiazole rings is 1. The van der Waals surface area contributed by atoms with Crippen LogP contribution in [-0.2, 0) is 6.42 Å². The van der Waals surface area contributed by atoms with E-state index < -0.39 is 0 Å². The Morgan fingerprint density at radius 2 is 2.21 bits per heavy atom. The first-order valence-corrected chi connectivity index (χ1v) is 6.83. The largest absolute Gasteiger partial charge is 0.351 e. The normalized spacial score (nSPS) is 10.4. The van der Waals surface area contributed by atoms with Crippen molar-refractivity contribution in [3.8, 4) is 0 Å². The Hall–Kier alpha value is -1.95. The topological polar surface area (TPSA) is 74.8 Å². The average Bonchev–Trinajstić information content (AvgIpc) is 2.75. The first-order valence-electron chi connectivity index (χ1n) is 5.95. The number of H-pyrrole nitrogens is 1. The second-order valence-corrected chi connectivity index (χ2v) is 5.22. The number of rotatable bonds is 4. The van der Waals surface area contributed by atoms with E-state index in [1.165, 1.54) is 6.07 Å². The molecule has 0 aromatic carbocycles. The maximum atomic E-state index is 11.8. The molecule has 0 spiro atoms. The van der Waals surface area contributed by atoms with Gasteiger partial charge in [0, 0.05) is 29.7 Å². The lowest BCUT2D eigenvalue weighted by Gasteiger charge is -2.03. The average molecular weight is 277 g/mol. The van der Waals surface area contributed by atoms with Gasteiger partial charge in [-0.15, -0.1) is 11.3 Å². The number of hydrogen-bond acceptors (Lipinski definition) is 4. The summed E-state index contributed by atoms with van der Waals surface area (Å²) in [4.78, 5) is 30.3. The molecule has 0 bridgehead atoms. The zero-order valence-corrected chi connectivity index (χ0v) is 11.6. The highest BCUT2D eigenvalue weighted by Crippen LogP contribution is 2.08. The number of aromatic nitrogens is 2. The minimum atomic E-state index is -0.359. The van der Waals surface area contributed by atoms with Crippen LogP contribution < -0.4 is 10.9 Å². The number of pyridine rings is 1. The highest BCUT2D eigenvalue weighted by Gasteiger charge is 2.09. The van der Waals surface area contributed by atoms with Crippen LogP contribution in [0.25, 0.3) is 0 Å². The van der Waals surface area contributed by atoms with Crippen LogP contribution in [0.1, 0.15) is 26.8 Å². The molecule has 0 aliphatic rings. The number of nitrogens with zero attached hydrogens (tertiary/aromatic N) is 1. The van der Waals surface area contributed by atoms with Crippen LogP contribution >= 0.6 is 11.3 Å². The van der Waals surface area contributed by atoms with Gasteiger partial charge in [0.25, 0.3) is 11.5 Å². The van der Waals surface area contributed by atoms with Crippen LogP contribution in [0.4, 0.5) is 0 Å². The first kappa shape index (κ1) is 13.5. The van der Waals surface area contributed by atoms with E-state index in [1.807, 2.05) is 12.3 Å². The zero-order chi connectivity index (χ0) is 13.8. The quantitative estimate of drug-likeness (QED) is 0.887. The van der Waals surface area contributed by atoms with Crippen LogP contribution in [0.2, 0.25) is 0 Å². The van der Waals surface area contributed by atoms with Gasteiger partial charge in [-0.25, -0.2) is 4.98 Å². The molecule has 5 nitrogen and oxygen atoms in total. The molecule has 2 aromatic rings. The van der Waals surface area contributed by atoms with Crippen molar-refractivity contribution >= 4 is 17.2 Å². The molecular formula is C13H15N3O2S. The second-order valence-electron chi connectivity index (χ2n) is 4.27. The summed E-state index contributed by atoms with van der Waals surface area (Å²) in [6.07, 6.45) is 0.675. The van der Waals surface area contributed by atoms with Crippen molar-refractivity contribution in [2.45, 2.75) is 20.3 Å². The van der Waals surface area contributed by atoms with Crippen LogP contribution in [-0.4, -0.2) is 22.4 Å². The van der Waals surface area contributed by atoms with Crippen molar-refractivity contribution in [3.05, 3.63) is 49.8 Å². The van der Waals surface area contributed by atoms with Gasteiger partial charge in [0.1, 0.15) is 5.56 Å². The molecule has 2 heterocycles. The van der Waals surface area contributed by atoms with Crippen molar-refractivity contribution < 1.29 is 4.79 Å². The fourth-order valence-corrected chi connectivity index (χ4v) is 2.42. The number of hydrogen-bond donors (Lipinski definition) is 2. The van der Waals surface area contributed by atoms with Crippen molar-refractivity contribution in [2.24, 2.45) is 0 Å². The van der Waals surface area contributed by atoms with Gasteiger partial charge >= 0.3 is 0 Å². The molecule has 2 aromatic heterocycles. The van der Waals surface area contributed by atoms with E-state index in [1.54, 1.807) is 24.3 Å². The molecule has 0 unspecified atom stereocenters. The summed E-state index contributed by atoms with van der Waals surface area (Å²) in [6.45, 7) is 4.18. The number of amides is 1. The molecule has 0 fully saturated rings. The predicted molar refractivity (Wildman–Crippen MR) is 74.7 cm³/mol. The molecule has 0 saturated carbocycles. The summed E-state index contributed by atoms with van der Waals surface area (Å²) < 4.78 is 0. The summed E-state index contributed by atoms with van der Waals surface area (Å²) in [5.74, 6) is -0.352. The molecule has 0 aliphatic heterocycles. The summed E-state index contributed by atoms with van der Waals surface area (Å²) in [5, 5.41) is 5.68. The molecule has 0 radical (unpaired) electrons. The minimum absolute atomic E-state index is 0.140. The molecule has 0 atom stereocenters. The fraction of sp³-hybridized carbons (Fsp3) is 0.308. The number of nitrogens with one attached hydrogen (secondary N) is 2. The summed E-state index contributed by atoms with van der Waals surface area (Å²) >= 11 is 1.57. The lowest BCUT2D eigenvalue weighted by Crippen LogP contribution is -2.31. The summed E-state index contributed by atoms with van der Waals surface area (Å²) in [7, 11) is 0. The Morgan fingerprint density at radius 1 is 1.42 bits per heavy atom. The van der Waals surface area contributed by atoms with Gasteiger partial charge in [0.2, 0.25) is 0 Å². The van der Waals surface area contributed by atoms with Gasteiger partial charge in [-0.05, 0) is 26.0 Å². The Bertz CT molecular complexity index is 645. The SMILES string of the molecule is Cc1csc(CCNC(=O)c2ccc(C)[nH]c2=O)n1. The molecule has 1 amide bonds. The second kappa shape index (κ2) is 5.79. The molecule has 100 valence electrons. The van der Waals surface area contributed by atoms with E-state index in [4.69, 9.17) is 0 Å². The molecule has 2 N–H and O–H groups in total. The maximum absolute atomic E-state index is 11.8. The van der Waals surface area contributed by atoms with Crippen LogP contribution in [0.15, 0.2) is 22.3 Å². The van der Waals surface area contributed by atoms with E-state index in [0.29, 0.717) is 13.0 Å². The van der Waals surface area contributed by atoms with Crippen molar-refractivity contribution in [1.29, 1.82) is 0 Å². The third kappa shape index (κ3) is 3.51. The van der Waals surface area contributed by atoms with Crippen molar-refractivity contribution in [1.82, 2.24) is 15.3 Å². The number of aryl methyl sites for hydroxylation is 2. The van der Waals surface area contributed by atoms with Crippen molar-refractivity contribution in [2.75, 3.05) is 6.54 Å². The van der Waals surface area contributed by atoms with Gasteiger partial charge in [0.15, 0.2) is 0 Å². The zero-order valence-electron chi connectivity index (χ0n) is 10.8. The van der Waals surface area contributed by atoms with Crippen LogP contribution in [0, 0.1) is 13.8 Å². The molecular weight excluding hydrogens is 262 g/mol. The summed E-state index contributed by atoms with van der Waals surface area (Å²) in [5.41, 5.74) is 1.50. The maximum Gasteiger partial charge on any atom is 0.260 e. The molecule has 0 aliphatic carbocycles. The third-order valence-corrected chi connectivity index (χ3v) is 3.62. The monoisotopic (exact) mass is 277 g/mol. The highest BCUT2D eigenvalue weighted by atomic mass is 32.1. The lowest BCUT2D eigenvalue weighted by atomic mass is 10.2. The highest BCUT2D eigenvalue weighted by molar-refractivity contribution is 7.09. The van der Waals surface area contributed by atoms with Crippen LogP contribution in [0.3, 0.4) is 0 Å². The van der Waals surface area contributed by atoms with Crippen molar-refractivity contribution in [3.63, 3.8) is 0 Å². The van der Waals surface area contributed by atoms with Gasteiger partial charge < -0.3 is 10.3 Å². The van der Waals surface area contributed by atoms with Gasteiger partial charge in [-0.3, -0.25) is 9.59 Å². The van der Waals surface area contributed by atoms with Gasteiger partial charge in [-0.1, -0.05) is 0 Å². The molecule has 2 rings (SSSR count). The van der Waals surface area contributed by atoms with E-state index in [9.17, 15) is 9.59 Å². The Kier molecular flexibility index (Phi) is 4.11. The number of carbonyl (C=O) groups excluding carboxylic acids is 1. The van der Waals surface area contributed by atoms with Gasteiger partial charge in [0.05, 0.1) is 5.01 Å². The lowest BCUT2D eigenvalue weighted by molar-refractivity contribution is 0.0952. The number of carbonyl (C=O) groups is 1. The standard InChI is InChI=1S/C13H15N3O2S/c1-8-3-4-10(13(18)16-8)12(17)14-6-5-11-15-9(2)7-19-11/h3-4,7H,5-6H2,1-2H3,(H,14,17)(H,16,18). The predicted octanol–water partition coefficient (Wildman–Crippen LogP) is 1.42. The van der Waals surface area contributed by atoms with E-state index >= 15 is 0 Å². The van der Waals surface area contributed by atoms with E-state index in [0.717, 1.165) is 16.4 Å². The molecule has 0 saturated heterocycles.